The molecule has 0 saturated carbocycles. The lowest BCUT2D eigenvalue weighted by Gasteiger charge is -2.35. The van der Waals surface area contributed by atoms with E-state index >= 15 is 0 Å². The summed E-state index contributed by atoms with van der Waals surface area (Å²) in [7, 11) is 0. The topological polar surface area (TPSA) is 49.8 Å². The maximum absolute atomic E-state index is 11.9. The van der Waals surface area contributed by atoms with Gasteiger partial charge < -0.3 is 9.84 Å². The molecule has 1 saturated heterocycles. The van der Waals surface area contributed by atoms with Crippen molar-refractivity contribution in [3.05, 3.63) is 29.3 Å². The van der Waals surface area contributed by atoms with Gasteiger partial charge in [-0.25, -0.2) is 4.79 Å². The predicted molar refractivity (Wildman–Crippen MR) is 69.9 cm³/mol. The number of hydrogen-bond donors (Lipinski definition) is 1. The Morgan fingerprint density at radius 1 is 1.39 bits per heavy atom. The Balaban J connectivity index is 2.31. The third kappa shape index (κ3) is 2.48. The van der Waals surface area contributed by atoms with E-state index in [2.05, 4.69) is 0 Å². The highest BCUT2D eigenvalue weighted by Gasteiger charge is 2.30. The number of aliphatic hydroxyl groups is 1. The van der Waals surface area contributed by atoms with E-state index in [0.717, 1.165) is 17.7 Å². The highest BCUT2D eigenvalue weighted by atomic mass is 16.6. The van der Waals surface area contributed by atoms with Crippen LogP contribution in [0.3, 0.4) is 0 Å². The SMILES string of the molecule is Cc1ccc(N2C(=O)OCCC2CCO)cc1C. The van der Waals surface area contributed by atoms with Crippen molar-refractivity contribution < 1.29 is 14.6 Å². The highest BCUT2D eigenvalue weighted by molar-refractivity contribution is 5.89. The van der Waals surface area contributed by atoms with Crippen LogP contribution in [0.15, 0.2) is 18.2 Å². The quantitative estimate of drug-likeness (QED) is 0.895. The van der Waals surface area contributed by atoms with Crippen LogP contribution in [0.4, 0.5) is 10.5 Å². The summed E-state index contributed by atoms with van der Waals surface area (Å²) in [6.45, 7) is 4.58. The lowest BCUT2D eigenvalue weighted by molar-refractivity contribution is 0.124. The van der Waals surface area contributed by atoms with E-state index in [4.69, 9.17) is 9.84 Å². The number of carbonyl (C=O) groups is 1. The van der Waals surface area contributed by atoms with Crippen molar-refractivity contribution in [2.24, 2.45) is 0 Å². The van der Waals surface area contributed by atoms with E-state index in [1.807, 2.05) is 32.0 Å². The van der Waals surface area contributed by atoms with Crippen LogP contribution in [0.5, 0.6) is 0 Å². The molecule has 1 unspecified atom stereocenters. The molecule has 0 aliphatic carbocycles. The van der Waals surface area contributed by atoms with Gasteiger partial charge in [0.05, 0.1) is 6.61 Å². The molecule has 1 aliphatic rings. The Bertz CT molecular complexity index is 443. The number of benzene rings is 1. The standard InChI is InChI=1S/C14H19NO3/c1-10-3-4-13(9-11(10)2)15-12(5-7-16)6-8-18-14(15)17/h3-4,9,12,16H,5-8H2,1-2H3. The van der Waals surface area contributed by atoms with Crippen LogP contribution in [-0.4, -0.2) is 30.5 Å². The van der Waals surface area contributed by atoms with Crippen molar-refractivity contribution in [1.82, 2.24) is 0 Å². The van der Waals surface area contributed by atoms with Gasteiger partial charge in [0.15, 0.2) is 0 Å². The minimum Gasteiger partial charge on any atom is -0.449 e. The van der Waals surface area contributed by atoms with Crippen molar-refractivity contribution in [2.75, 3.05) is 18.1 Å². The molecule has 0 aromatic heterocycles. The number of anilines is 1. The number of carbonyl (C=O) groups excluding carboxylic acids is 1. The number of nitrogens with zero attached hydrogens (tertiary/aromatic N) is 1. The molecule has 2 rings (SSSR count). The lowest BCUT2D eigenvalue weighted by atomic mass is 10.0. The molecule has 1 atom stereocenters. The number of rotatable bonds is 3. The molecule has 1 fully saturated rings. The van der Waals surface area contributed by atoms with Gasteiger partial charge in [0, 0.05) is 24.8 Å². The van der Waals surface area contributed by atoms with Gasteiger partial charge >= 0.3 is 6.09 Å². The molecule has 98 valence electrons. The molecule has 1 aromatic carbocycles. The summed E-state index contributed by atoms with van der Waals surface area (Å²) in [6.07, 6.45) is 1.03. The molecule has 4 nitrogen and oxygen atoms in total. The summed E-state index contributed by atoms with van der Waals surface area (Å²) >= 11 is 0. The molecule has 1 N–H and O–H groups in total. The zero-order chi connectivity index (χ0) is 13.1. The average Bonchev–Trinajstić information content (AvgIpc) is 2.34. The largest absolute Gasteiger partial charge is 0.449 e. The van der Waals surface area contributed by atoms with E-state index in [-0.39, 0.29) is 18.7 Å². The molecule has 18 heavy (non-hydrogen) atoms. The second kappa shape index (κ2) is 5.40. The molecule has 4 heteroatoms. The minimum atomic E-state index is -0.317. The fraction of sp³-hybridized carbons (Fsp3) is 0.500. The van der Waals surface area contributed by atoms with Crippen molar-refractivity contribution >= 4 is 11.8 Å². The predicted octanol–water partition coefficient (Wildman–Crippen LogP) is 2.40. The van der Waals surface area contributed by atoms with E-state index in [1.165, 1.54) is 5.56 Å². The van der Waals surface area contributed by atoms with Crippen LogP contribution in [0, 0.1) is 13.8 Å². The maximum atomic E-state index is 11.9. The molecular formula is C14H19NO3. The zero-order valence-corrected chi connectivity index (χ0v) is 10.8. The van der Waals surface area contributed by atoms with E-state index < -0.39 is 0 Å². The van der Waals surface area contributed by atoms with Gasteiger partial charge in [-0.05, 0) is 43.5 Å². The first-order chi connectivity index (χ1) is 8.63. The molecule has 0 radical (unpaired) electrons. The molecule has 0 bridgehead atoms. The maximum Gasteiger partial charge on any atom is 0.414 e. The van der Waals surface area contributed by atoms with Crippen LogP contribution in [-0.2, 0) is 4.74 Å². The zero-order valence-electron chi connectivity index (χ0n) is 10.8. The van der Waals surface area contributed by atoms with Crippen LogP contribution >= 0.6 is 0 Å². The summed E-state index contributed by atoms with van der Waals surface area (Å²) < 4.78 is 5.10. The Morgan fingerprint density at radius 2 is 2.17 bits per heavy atom. The van der Waals surface area contributed by atoms with Gasteiger partial charge in [-0.1, -0.05) is 6.07 Å². The van der Waals surface area contributed by atoms with Crippen molar-refractivity contribution in [2.45, 2.75) is 32.7 Å². The summed E-state index contributed by atoms with van der Waals surface area (Å²) in [5.74, 6) is 0. The summed E-state index contributed by atoms with van der Waals surface area (Å²) in [5.41, 5.74) is 3.19. The normalized spacial score (nSPS) is 19.8. The van der Waals surface area contributed by atoms with E-state index in [9.17, 15) is 4.79 Å². The van der Waals surface area contributed by atoms with Crippen LogP contribution in [0.1, 0.15) is 24.0 Å². The van der Waals surface area contributed by atoms with Gasteiger partial charge in [0.1, 0.15) is 0 Å². The van der Waals surface area contributed by atoms with E-state index in [0.29, 0.717) is 13.0 Å². The Hall–Kier alpha value is -1.55. The van der Waals surface area contributed by atoms with Crippen molar-refractivity contribution in [3.8, 4) is 0 Å². The third-order valence-corrected chi connectivity index (χ3v) is 3.47. The Morgan fingerprint density at radius 3 is 2.83 bits per heavy atom. The molecule has 1 aliphatic heterocycles. The fourth-order valence-electron chi connectivity index (χ4n) is 2.24. The monoisotopic (exact) mass is 249 g/mol. The molecule has 1 heterocycles. The number of aryl methyl sites for hydroxylation is 2. The fourth-order valence-corrected chi connectivity index (χ4v) is 2.24. The molecule has 1 amide bonds. The Labute approximate surface area is 107 Å². The van der Waals surface area contributed by atoms with E-state index in [1.54, 1.807) is 4.90 Å². The molecular weight excluding hydrogens is 230 g/mol. The summed E-state index contributed by atoms with van der Waals surface area (Å²) in [5, 5.41) is 9.09. The van der Waals surface area contributed by atoms with Crippen molar-refractivity contribution in [1.29, 1.82) is 0 Å². The highest BCUT2D eigenvalue weighted by Crippen LogP contribution is 2.26. The molecule has 1 aromatic rings. The first-order valence-electron chi connectivity index (χ1n) is 6.27. The molecule has 0 spiro atoms. The third-order valence-electron chi connectivity index (χ3n) is 3.47. The number of aliphatic hydroxyl groups excluding tert-OH is 1. The first-order valence-corrected chi connectivity index (χ1v) is 6.27. The van der Waals surface area contributed by atoms with Crippen molar-refractivity contribution in [3.63, 3.8) is 0 Å². The number of hydrogen-bond acceptors (Lipinski definition) is 3. The van der Waals surface area contributed by atoms with Gasteiger partial charge in [0.2, 0.25) is 0 Å². The van der Waals surface area contributed by atoms with Gasteiger partial charge in [-0.2, -0.15) is 0 Å². The number of ether oxygens (including phenoxy) is 1. The minimum absolute atomic E-state index is 0.0263. The van der Waals surface area contributed by atoms with Crippen LogP contribution < -0.4 is 4.90 Å². The average molecular weight is 249 g/mol. The lowest BCUT2D eigenvalue weighted by Crippen LogP contribution is -2.46. The smallest absolute Gasteiger partial charge is 0.414 e. The van der Waals surface area contributed by atoms with Crippen LogP contribution in [0.2, 0.25) is 0 Å². The summed E-state index contributed by atoms with van der Waals surface area (Å²) in [6, 6.07) is 5.95. The van der Waals surface area contributed by atoms with Gasteiger partial charge in [0.25, 0.3) is 0 Å². The number of cyclic esters (lactones) is 1. The number of amides is 1. The second-order valence-electron chi connectivity index (χ2n) is 4.71. The van der Waals surface area contributed by atoms with Gasteiger partial charge in [-0.15, -0.1) is 0 Å². The van der Waals surface area contributed by atoms with Gasteiger partial charge in [-0.3, -0.25) is 4.90 Å². The Kier molecular flexibility index (Phi) is 3.87. The van der Waals surface area contributed by atoms with Crippen LogP contribution in [0.25, 0.3) is 0 Å². The summed E-state index contributed by atoms with van der Waals surface area (Å²) in [4.78, 5) is 13.6. The first kappa shape index (κ1) is 12.9. The second-order valence-corrected chi connectivity index (χ2v) is 4.71.